The number of nitrogens with two attached hydrogens (primary N) is 1. The van der Waals surface area contributed by atoms with Crippen LogP contribution in [-0.4, -0.2) is 32.8 Å². The molecule has 0 spiro atoms. The van der Waals surface area contributed by atoms with E-state index in [4.69, 9.17) is 10.5 Å². The van der Waals surface area contributed by atoms with Gasteiger partial charge in [-0.05, 0) is 18.9 Å². The van der Waals surface area contributed by atoms with Crippen molar-refractivity contribution in [2.75, 3.05) is 26.8 Å². The molecule has 0 aromatic rings. The molecule has 1 atom stereocenters. The van der Waals surface area contributed by atoms with Crippen LogP contribution in [0.25, 0.3) is 0 Å². The highest BCUT2D eigenvalue weighted by atomic mass is 16.5. The molecule has 0 saturated heterocycles. The summed E-state index contributed by atoms with van der Waals surface area (Å²) >= 11 is 0. The molecule has 0 bridgehead atoms. The van der Waals surface area contributed by atoms with Crippen molar-refractivity contribution in [3.8, 4) is 0 Å². The highest BCUT2D eigenvalue weighted by Crippen LogP contribution is 2.04. The zero-order valence-electron chi connectivity index (χ0n) is 9.88. The molecule has 3 N–H and O–H groups in total. The number of rotatable bonds is 9. The normalized spacial score (nSPS) is 13.5. The van der Waals surface area contributed by atoms with Crippen molar-refractivity contribution >= 4 is 0 Å². The van der Waals surface area contributed by atoms with Crippen LogP contribution < -0.4 is 11.1 Å². The summed E-state index contributed by atoms with van der Waals surface area (Å²) in [5, 5.41) is 3.34. The first kappa shape index (κ1) is 13.9. The summed E-state index contributed by atoms with van der Waals surface area (Å²) in [5.41, 5.74) is 5.76. The molecule has 0 aromatic heterocycles. The number of methoxy groups -OCH3 is 1. The Kier molecular flexibility index (Phi) is 9.35. The van der Waals surface area contributed by atoms with Crippen molar-refractivity contribution in [3.05, 3.63) is 0 Å². The van der Waals surface area contributed by atoms with Gasteiger partial charge in [-0.2, -0.15) is 0 Å². The van der Waals surface area contributed by atoms with Gasteiger partial charge in [-0.1, -0.05) is 26.7 Å². The lowest BCUT2D eigenvalue weighted by Crippen LogP contribution is -2.37. The molecule has 0 rings (SSSR count). The summed E-state index contributed by atoms with van der Waals surface area (Å²) in [4.78, 5) is 0. The molecule has 0 saturated carbocycles. The van der Waals surface area contributed by atoms with Crippen LogP contribution in [0.2, 0.25) is 0 Å². The molecule has 3 nitrogen and oxygen atoms in total. The van der Waals surface area contributed by atoms with E-state index in [1.54, 1.807) is 7.11 Å². The van der Waals surface area contributed by atoms with Gasteiger partial charge in [0, 0.05) is 19.7 Å². The third-order valence-electron chi connectivity index (χ3n) is 2.17. The Bertz CT molecular complexity index is 118. The summed E-state index contributed by atoms with van der Waals surface area (Å²) in [6.07, 6.45) is 3.88. The molecule has 0 heterocycles. The van der Waals surface area contributed by atoms with Crippen LogP contribution in [0.5, 0.6) is 0 Å². The lowest BCUT2D eigenvalue weighted by molar-refractivity contribution is 0.179. The standard InChI is InChI=1S/C11H26N2O/c1-10(2)6-4-5-7-13-8-11(12)9-14-3/h10-11,13H,4-9,12H2,1-3H3. The van der Waals surface area contributed by atoms with Gasteiger partial charge in [-0.25, -0.2) is 0 Å². The Balaban J connectivity index is 3.05. The van der Waals surface area contributed by atoms with E-state index in [0.717, 1.165) is 19.0 Å². The molecule has 0 aromatic carbocycles. The summed E-state index contributed by atoms with van der Waals surface area (Å²) in [6, 6.07) is 0.130. The molecule has 0 fully saturated rings. The number of hydrogen-bond donors (Lipinski definition) is 2. The molecule has 1 unspecified atom stereocenters. The molecule has 14 heavy (non-hydrogen) atoms. The quantitative estimate of drug-likeness (QED) is 0.555. The highest BCUT2D eigenvalue weighted by molar-refractivity contribution is 4.63. The fourth-order valence-corrected chi connectivity index (χ4v) is 1.36. The predicted octanol–water partition coefficient (Wildman–Crippen LogP) is 1.38. The second-order valence-electron chi connectivity index (χ2n) is 4.31. The van der Waals surface area contributed by atoms with Crippen molar-refractivity contribution in [1.82, 2.24) is 5.32 Å². The lowest BCUT2D eigenvalue weighted by atomic mass is 10.1. The van der Waals surface area contributed by atoms with Crippen LogP contribution >= 0.6 is 0 Å². The first-order chi connectivity index (χ1) is 6.66. The van der Waals surface area contributed by atoms with E-state index >= 15 is 0 Å². The molecule has 0 aliphatic heterocycles. The molecule has 0 radical (unpaired) electrons. The SMILES string of the molecule is COCC(N)CNCCCCC(C)C. The van der Waals surface area contributed by atoms with Crippen molar-refractivity contribution in [3.63, 3.8) is 0 Å². The Morgan fingerprint density at radius 2 is 2.00 bits per heavy atom. The average molecular weight is 202 g/mol. The van der Waals surface area contributed by atoms with Crippen molar-refractivity contribution in [1.29, 1.82) is 0 Å². The third kappa shape index (κ3) is 9.96. The molecule has 86 valence electrons. The number of nitrogens with one attached hydrogen (secondary N) is 1. The third-order valence-corrected chi connectivity index (χ3v) is 2.17. The summed E-state index contributed by atoms with van der Waals surface area (Å²) in [6.45, 7) is 7.10. The number of hydrogen-bond acceptors (Lipinski definition) is 3. The van der Waals surface area contributed by atoms with Gasteiger partial charge in [0.2, 0.25) is 0 Å². The van der Waals surface area contributed by atoms with Crippen molar-refractivity contribution in [2.24, 2.45) is 11.7 Å². The average Bonchev–Trinajstić information content (AvgIpc) is 2.11. The maximum atomic E-state index is 5.76. The van der Waals surface area contributed by atoms with Crippen LogP contribution in [0.1, 0.15) is 33.1 Å². The van der Waals surface area contributed by atoms with Crippen LogP contribution in [0.4, 0.5) is 0 Å². The minimum absolute atomic E-state index is 0.130. The van der Waals surface area contributed by atoms with E-state index in [1.165, 1.54) is 19.3 Å². The summed E-state index contributed by atoms with van der Waals surface area (Å²) < 4.78 is 4.95. The fourth-order valence-electron chi connectivity index (χ4n) is 1.36. The smallest absolute Gasteiger partial charge is 0.0626 e. The van der Waals surface area contributed by atoms with E-state index in [0.29, 0.717) is 6.61 Å². The van der Waals surface area contributed by atoms with E-state index < -0.39 is 0 Å². The second-order valence-corrected chi connectivity index (χ2v) is 4.31. The van der Waals surface area contributed by atoms with Gasteiger partial charge in [0.25, 0.3) is 0 Å². The van der Waals surface area contributed by atoms with Gasteiger partial charge in [0.15, 0.2) is 0 Å². The van der Waals surface area contributed by atoms with Crippen LogP contribution in [0.15, 0.2) is 0 Å². The van der Waals surface area contributed by atoms with Gasteiger partial charge in [-0.15, -0.1) is 0 Å². The predicted molar refractivity (Wildman–Crippen MR) is 61.4 cm³/mol. The Labute approximate surface area is 88.4 Å². The topological polar surface area (TPSA) is 47.3 Å². The van der Waals surface area contributed by atoms with Gasteiger partial charge in [0.1, 0.15) is 0 Å². The minimum atomic E-state index is 0.130. The molecule has 0 aliphatic rings. The monoisotopic (exact) mass is 202 g/mol. The summed E-state index contributed by atoms with van der Waals surface area (Å²) in [7, 11) is 1.68. The van der Waals surface area contributed by atoms with Crippen molar-refractivity contribution < 1.29 is 4.74 Å². The van der Waals surface area contributed by atoms with Crippen LogP contribution in [-0.2, 0) is 4.74 Å². The van der Waals surface area contributed by atoms with E-state index in [9.17, 15) is 0 Å². The maximum Gasteiger partial charge on any atom is 0.0626 e. The van der Waals surface area contributed by atoms with Crippen molar-refractivity contribution in [2.45, 2.75) is 39.2 Å². The fraction of sp³-hybridized carbons (Fsp3) is 1.00. The zero-order valence-corrected chi connectivity index (χ0v) is 9.88. The highest BCUT2D eigenvalue weighted by Gasteiger charge is 2.00. The second kappa shape index (κ2) is 9.44. The largest absolute Gasteiger partial charge is 0.383 e. The van der Waals surface area contributed by atoms with Crippen LogP contribution in [0.3, 0.4) is 0 Å². The molecule has 3 heteroatoms. The van der Waals surface area contributed by atoms with Gasteiger partial charge < -0.3 is 15.8 Å². The number of unbranched alkanes of at least 4 members (excludes halogenated alkanes) is 1. The maximum absolute atomic E-state index is 5.76. The van der Waals surface area contributed by atoms with Crippen LogP contribution in [0, 0.1) is 5.92 Å². The molecule has 0 amide bonds. The Hall–Kier alpha value is -0.120. The molecule has 0 aliphatic carbocycles. The van der Waals surface area contributed by atoms with E-state index in [1.807, 2.05) is 0 Å². The Morgan fingerprint density at radius 3 is 2.57 bits per heavy atom. The first-order valence-electron chi connectivity index (χ1n) is 5.62. The lowest BCUT2D eigenvalue weighted by Gasteiger charge is -2.11. The van der Waals surface area contributed by atoms with Gasteiger partial charge in [-0.3, -0.25) is 0 Å². The molecular formula is C11H26N2O. The van der Waals surface area contributed by atoms with Gasteiger partial charge >= 0.3 is 0 Å². The minimum Gasteiger partial charge on any atom is -0.383 e. The Morgan fingerprint density at radius 1 is 1.29 bits per heavy atom. The molecular weight excluding hydrogens is 176 g/mol. The van der Waals surface area contributed by atoms with Gasteiger partial charge in [0.05, 0.1) is 6.61 Å². The van der Waals surface area contributed by atoms with E-state index in [2.05, 4.69) is 19.2 Å². The summed E-state index contributed by atoms with van der Waals surface area (Å²) in [5.74, 6) is 0.825. The number of ether oxygens (including phenoxy) is 1. The van der Waals surface area contributed by atoms with E-state index in [-0.39, 0.29) is 6.04 Å². The zero-order chi connectivity index (χ0) is 10.8. The first-order valence-corrected chi connectivity index (χ1v) is 5.62.